The number of nitrogens with one attached hydrogen (secondary N) is 3. The number of benzene rings is 1. The average molecular weight is 503 g/mol. The third-order valence-electron chi connectivity index (χ3n) is 4.56. The van der Waals surface area contributed by atoms with E-state index in [1.54, 1.807) is 0 Å². The van der Waals surface area contributed by atoms with Crippen LogP contribution in [0.25, 0.3) is 6.08 Å². The minimum Gasteiger partial charge on any atom is -0.370 e. The molecule has 1 heterocycles. The maximum Gasteiger partial charge on any atom is 0.433 e. The summed E-state index contributed by atoms with van der Waals surface area (Å²) < 4.78 is 78.1. The number of rotatable bonds is 10. The Hall–Kier alpha value is -3.15. The summed E-state index contributed by atoms with van der Waals surface area (Å²) in [5.74, 6) is -1.33. The molecular formula is C22H26F4N4O3S. The van der Waals surface area contributed by atoms with E-state index in [0.717, 1.165) is 37.3 Å². The predicted molar refractivity (Wildman–Crippen MR) is 123 cm³/mol. The summed E-state index contributed by atoms with van der Waals surface area (Å²) in [6, 6.07) is 4.68. The molecule has 0 bridgehead atoms. The molecule has 34 heavy (non-hydrogen) atoms. The quantitative estimate of drug-likeness (QED) is 0.253. The molecule has 1 aromatic carbocycles. The summed E-state index contributed by atoms with van der Waals surface area (Å²) in [5.41, 5.74) is -0.176. The van der Waals surface area contributed by atoms with Crippen molar-refractivity contribution >= 4 is 33.5 Å². The summed E-state index contributed by atoms with van der Waals surface area (Å²) in [7, 11) is -3.66. The number of sulfonamides is 1. The number of aromatic nitrogens is 1. The van der Waals surface area contributed by atoms with Crippen molar-refractivity contribution in [2.45, 2.75) is 39.4 Å². The molecule has 0 fully saturated rings. The first kappa shape index (κ1) is 27.1. The molecule has 0 saturated heterocycles. The van der Waals surface area contributed by atoms with Crippen LogP contribution in [0.1, 0.15) is 42.1 Å². The molecule has 12 heteroatoms. The molecule has 1 amide bonds. The first-order valence-corrected chi connectivity index (χ1v) is 12.2. The fraction of sp³-hybridized carbons (Fsp3) is 0.364. The molecule has 186 valence electrons. The lowest BCUT2D eigenvalue weighted by Gasteiger charge is -2.12. The third-order valence-corrected chi connectivity index (χ3v) is 5.13. The van der Waals surface area contributed by atoms with Crippen molar-refractivity contribution in [3.63, 3.8) is 0 Å². The van der Waals surface area contributed by atoms with Gasteiger partial charge in [0.25, 0.3) is 0 Å². The van der Waals surface area contributed by atoms with Crippen LogP contribution in [-0.2, 0) is 27.5 Å². The van der Waals surface area contributed by atoms with Crippen molar-refractivity contribution < 1.29 is 30.8 Å². The van der Waals surface area contributed by atoms with Gasteiger partial charge in [0.15, 0.2) is 0 Å². The van der Waals surface area contributed by atoms with Crippen LogP contribution >= 0.6 is 0 Å². The Morgan fingerprint density at radius 2 is 1.91 bits per heavy atom. The average Bonchev–Trinajstić information content (AvgIpc) is 2.72. The highest BCUT2D eigenvalue weighted by Gasteiger charge is 2.32. The van der Waals surface area contributed by atoms with Gasteiger partial charge < -0.3 is 10.6 Å². The fourth-order valence-corrected chi connectivity index (χ4v) is 3.56. The van der Waals surface area contributed by atoms with E-state index in [1.807, 2.05) is 6.92 Å². The second kappa shape index (κ2) is 11.3. The SMILES string of the molecule is CCCCNc1nc(C(F)(F)F)ccc1/C=C\C(=O)NCc1cc(C)c(NS(C)(=O)=O)c(F)c1. The predicted octanol–water partition coefficient (Wildman–Crippen LogP) is 4.46. The van der Waals surface area contributed by atoms with E-state index < -0.39 is 33.6 Å². The highest BCUT2D eigenvalue weighted by Crippen LogP contribution is 2.30. The van der Waals surface area contributed by atoms with Gasteiger partial charge in [-0.3, -0.25) is 9.52 Å². The van der Waals surface area contributed by atoms with Crippen molar-refractivity contribution in [1.82, 2.24) is 10.3 Å². The molecule has 0 atom stereocenters. The Kier molecular flexibility index (Phi) is 9.02. The number of carbonyl (C=O) groups excluding carboxylic acids is 1. The number of alkyl halides is 3. The van der Waals surface area contributed by atoms with Gasteiger partial charge in [0.2, 0.25) is 15.9 Å². The van der Waals surface area contributed by atoms with Crippen LogP contribution in [0.3, 0.4) is 0 Å². The molecule has 3 N–H and O–H groups in total. The van der Waals surface area contributed by atoms with Crippen LogP contribution < -0.4 is 15.4 Å². The lowest BCUT2D eigenvalue weighted by Crippen LogP contribution is -2.21. The van der Waals surface area contributed by atoms with E-state index in [1.165, 1.54) is 25.1 Å². The van der Waals surface area contributed by atoms with Crippen LogP contribution in [0.2, 0.25) is 0 Å². The van der Waals surface area contributed by atoms with Gasteiger partial charge in [0, 0.05) is 24.7 Å². The number of aryl methyl sites for hydroxylation is 1. The molecule has 2 aromatic rings. The molecule has 0 unspecified atom stereocenters. The molecular weight excluding hydrogens is 476 g/mol. The summed E-state index contributed by atoms with van der Waals surface area (Å²) in [6.07, 6.45) is 0.352. The Balaban J connectivity index is 2.11. The monoisotopic (exact) mass is 502 g/mol. The molecule has 0 aliphatic rings. The van der Waals surface area contributed by atoms with Gasteiger partial charge in [-0.25, -0.2) is 17.8 Å². The van der Waals surface area contributed by atoms with E-state index in [9.17, 15) is 30.8 Å². The Morgan fingerprint density at radius 3 is 2.50 bits per heavy atom. The number of carbonyl (C=O) groups is 1. The largest absolute Gasteiger partial charge is 0.433 e. The van der Waals surface area contributed by atoms with Crippen molar-refractivity contribution in [2.24, 2.45) is 0 Å². The van der Waals surface area contributed by atoms with E-state index in [2.05, 4.69) is 20.3 Å². The van der Waals surface area contributed by atoms with Gasteiger partial charge in [-0.1, -0.05) is 19.4 Å². The zero-order chi connectivity index (χ0) is 25.5. The van der Waals surface area contributed by atoms with Gasteiger partial charge in [0.05, 0.1) is 11.9 Å². The minimum atomic E-state index is -4.60. The maximum atomic E-state index is 14.3. The second-order valence-electron chi connectivity index (χ2n) is 7.61. The van der Waals surface area contributed by atoms with E-state index in [-0.39, 0.29) is 18.1 Å². The van der Waals surface area contributed by atoms with Gasteiger partial charge in [-0.2, -0.15) is 13.2 Å². The van der Waals surface area contributed by atoms with Crippen LogP contribution in [0.5, 0.6) is 0 Å². The van der Waals surface area contributed by atoms with Gasteiger partial charge in [-0.05, 0) is 48.7 Å². The normalized spacial score (nSPS) is 12.1. The summed E-state index contributed by atoms with van der Waals surface area (Å²) in [4.78, 5) is 15.8. The molecule has 0 spiro atoms. The van der Waals surface area contributed by atoms with Crippen molar-refractivity contribution in [1.29, 1.82) is 0 Å². The van der Waals surface area contributed by atoms with E-state index in [0.29, 0.717) is 23.2 Å². The van der Waals surface area contributed by atoms with Gasteiger partial charge in [-0.15, -0.1) is 0 Å². The molecule has 0 aliphatic carbocycles. The van der Waals surface area contributed by atoms with Crippen molar-refractivity contribution in [3.8, 4) is 0 Å². The minimum absolute atomic E-state index is 0.0130. The van der Waals surface area contributed by atoms with Crippen LogP contribution in [0, 0.1) is 12.7 Å². The third kappa shape index (κ3) is 8.32. The van der Waals surface area contributed by atoms with Crippen LogP contribution in [0.15, 0.2) is 30.3 Å². The first-order valence-electron chi connectivity index (χ1n) is 10.3. The second-order valence-corrected chi connectivity index (χ2v) is 9.36. The summed E-state index contributed by atoms with van der Waals surface area (Å²) in [5, 5.41) is 5.40. The van der Waals surface area contributed by atoms with Crippen molar-refractivity contribution in [3.05, 3.63) is 58.5 Å². The standard InChI is InChI=1S/C22H26F4N4O3S/c1-4-5-10-27-21-16(6-8-18(29-21)22(24,25)26)7-9-19(31)28-13-15-11-14(2)20(17(23)12-15)30-34(3,32)33/h6-9,11-12,30H,4-5,10,13H2,1-3H3,(H,27,29)(H,28,31)/b9-7-. The molecule has 0 aliphatic heterocycles. The smallest absolute Gasteiger partial charge is 0.370 e. The zero-order valence-electron chi connectivity index (χ0n) is 18.9. The number of pyridine rings is 1. The first-order chi connectivity index (χ1) is 15.8. The summed E-state index contributed by atoms with van der Waals surface area (Å²) in [6.45, 7) is 3.84. The fourth-order valence-electron chi connectivity index (χ4n) is 2.93. The zero-order valence-corrected chi connectivity index (χ0v) is 19.7. The van der Waals surface area contributed by atoms with Crippen molar-refractivity contribution in [2.75, 3.05) is 22.8 Å². The number of nitrogens with zero attached hydrogens (tertiary/aromatic N) is 1. The number of anilines is 2. The maximum absolute atomic E-state index is 14.3. The number of halogens is 4. The molecule has 0 saturated carbocycles. The van der Waals surface area contributed by atoms with Crippen LogP contribution in [0.4, 0.5) is 29.1 Å². The van der Waals surface area contributed by atoms with E-state index in [4.69, 9.17) is 0 Å². The molecule has 0 radical (unpaired) electrons. The summed E-state index contributed by atoms with van der Waals surface area (Å²) >= 11 is 0. The number of amides is 1. The topological polar surface area (TPSA) is 100 Å². The van der Waals surface area contributed by atoms with Gasteiger partial charge in [0.1, 0.15) is 17.3 Å². The number of hydrogen-bond donors (Lipinski definition) is 3. The Morgan fingerprint density at radius 1 is 1.21 bits per heavy atom. The van der Waals surface area contributed by atoms with Gasteiger partial charge >= 0.3 is 6.18 Å². The van der Waals surface area contributed by atoms with Crippen LogP contribution in [-0.4, -0.2) is 32.1 Å². The highest BCUT2D eigenvalue weighted by atomic mass is 32.2. The molecule has 1 aromatic heterocycles. The Bertz CT molecular complexity index is 1140. The molecule has 7 nitrogen and oxygen atoms in total. The highest BCUT2D eigenvalue weighted by molar-refractivity contribution is 7.92. The lowest BCUT2D eigenvalue weighted by molar-refractivity contribution is -0.141. The lowest BCUT2D eigenvalue weighted by atomic mass is 10.1. The Labute approximate surface area is 195 Å². The molecule has 2 rings (SSSR count). The number of unbranched alkanes of at least 4 members (excludes halogenated alkanes) is 1. The number of hydrogen-bond acceptors (Lipinski definition) is 5. The van der Waals surface area contributed by atoms with E-state index >= 15 is 0 Å².